The summed E-state index contributed by atoms with van der Waals surface area (Å²) in [5, 5.41) is 0. The van der Waals surface area contributed by atoms with Crippen LogP contribution in [0.15, 0.2) is 18.2 Å². The molecular formula is C7H11Cl2SiTi. The molecule has 0 aromatic rings. The minimum absolute atomic E-state index is 0. The summed E-state index contributed by atoms with van der Waals surface area (Å²) in [5.41, 5.74) is 0. The van der Waals surface area contributed by atoms with Crippen molar-refractivity contribution < 1.29 is 34.1 Å². The van der Waals surface area contributed by atoms with Gasteiger partial charge >= 0.3 is 21.7 Å². The molecule has 0 aromatic heterocycles. The van der Waals surface area contributed by atoms with E-state index in [-0.39, 0.29) is 34.1 Å². The third-order valence-electron chi connectivity index (χ3n) is 0.586. The van der Waals surface area contributed by atoms with Crippen LogP contribution in [0.4, 0.5) is 0 Å². The molecule has 0 aromatic carbocycles. The molecule has 0 bridgehead atoms. The van der Waals surface area contributed by atoms with E-state index in [9.17, 15) is 0 Å². The topological polar surface area (TPSA) is 0 Å². The Morgan fingerprint density at radius 3 is 2.00 bits per heavy atom. The molecule has 0 saturated heterocycles. The zero-order valence-electron chi connectivity index (χ0n) is 6.70. The van der Waals surface area contributed by atoms with Gasteiger partial charge in [0.1, 0.15) is 0 Å². The van der Waals surface area contributed by atoms with Crippen LogP contribution >= 0.6 is 11.1 Å². The van der Waals surface area contributed by atoms with Gasteiger partial charge in [0.25, 0.3) is 0 Å². The fourth-order valence-electron chi connectivity index (χ4n) is 0.340. The van der Waals surface area contributed by atoms with Gasteiger partial charge in [-0.1, -0.05) is 13.1 Å². The van der Waals surface area contributed by atoms with Crippen LogP contribution < -0.4 is 12.4 Å². The minimum atomic E-state index is -0.407. The Morgan fingerprint density at radius 2 is 1.91 bits per heavy atom. The average molecular weight is 242 g/mol. The van der Waals surface area contributed by atoms with Crippen molar-refractivity contribution in [1.82, 2.24) is 0 Å². The molecule has 1 rings (SSSR count). The van der Waals surface area contributed by atoms with Gasteiger partial charge in [0.2, 0.25) is 0 Å². The van der Waals surface area contributed by atoms with Crippen molar-refractivity contribution in [1.29, 1.82) is 0 Å². The molecule has 0 saturated carbocycles. The van der Waals surface area contributed by atoms with Crippen LogP contribution in [-0.4, -0.2) is 8.11 Å². The van der Waals surface area contributed by atoms with Crippen molar-refractivity contribution in [3.8, 4) is 0 Å². The van der Waals surface area contributed by atoms with E-state index in [4.69, 9.17) is 11.1 Å². The summed E-state index contributed by atoms with van der Waals surface area (Å²) in [7, 11) is -0.407. The molecule has 0 N–H and O–H groups in total. The van der Waals surface area contributed by atoms with Crippen LogP contribution in [0.5, 0.6) is 0 Å². The van der Waals surface area contributed by atoms with Gasteiger partial charge in [-0.25, -0.2) is 12.2 Å². The van der Waals surface area contributed by atoms with Crippen LogP contribution in [-0.2, 0) is 21.7 Å². The molecule has 1 radical (unpaired) electrons. The van der Waals surface area contributed by atoms with Crippen molar-refractivity contribution in [3.05, 3.63) is 24.3 Å². The van der Waals surface area contributed by atoms with Crippen molar-refractivity contribution in [2.45, 2.75) is 19.5 Å². The van der Waals surface area contributed by atoms with E-state index in [0.29, 0.717) is 0 Å². The van der Waals surface area contributed by atoms with Crippen molar-refractivity contribution in [2.24, 2.45) is 0 Å². The molecule has 0 aliphatic heterocycles. The molecule has 61 valence electrons. The van der Waals surface area contributed by atoms with Crippen LogP contribution in [0.1, 0.15) is 6.42 Å². The number of hydrogen-bond donors (Lipinski definition) is 0. The van der Waals surface area contributed by atoms with Crippen molar-refractivity contribution in [3.63, 3.8) is 0 Å². The maximum absolute atomic E-state index is 5.38. The van der Waals surface area contributed by atoms with Crippen LogP contribution in [0.2, 0.25) is 13.1 Å². The van der Waals surface area contributed by atoms with Crippen LogP contribution in [0.25, 0.3) is 0 Å². The van der Waals surface area contributed by atoms with Gasteiger partial charge in [-0.05, 0) is 0 Å². The predicted molar refractivity (Wildman–Crippen MR) is 44.9 cm³/mol. The SMILES string of the molecule is C[Si](C)Cl.[C-]1=CC=CC1.[Cl-].[Ti+2]. The summed E-state index contributed by atoms with van der Waals surface area (Å²) in [6, 6.07) is 0. The summed E-state index contributed by atoms with van der Waals surface area (Å²) in [4.78, 5) is 0. The summed E-state index contributed by atoms with van der Waals surface area (Å²) in [6.45, 7) is 4.07. The maximum atomic E-state index is 5.38. The second-order valence-corrected chi connectivity index (χ2v) is 5.90. The molecule has 0 spiro atoms. The first-order chi connectivity index (χ1) is 4.23. The molecule has 4 heteroatoms. The maximum Gasteiger partial charge on any atom is 2.00 e. The molecular weight excluding hydrogens is 231 g/mol. The van der Waals surface area contributed by atoms with E-state index in [0.717, 1.165) is 6.42 Å². The van der Waals surface area contributed by atoms with Crippen LogP contribution in [0.3, 0.4) is 0 Å². The molecule has 0 fully saturated rings. The van der Waals surface area contributed by atoms with E-state index >= 15 is 0 Å². The standard InChI is InChI=1S/C5H5.C2H6ClSi.ClH.Ti/c1-2-4-5-3-1;1-4(2)3;;/h1-3H,4H2;1-2H3;1H;/q-1;;;+2/p-1. The molecule has 0 amide bonds. The Labute approximate surface area is 96.7 Å². The molecule has 0 atom stereocenters. The Kier molecular flexibility index (Phi) is 22.1. The van der Waals surface area contributed by atoms with Gasteiger partial charge in [0.15, 0.2) is 8.11 Å². The van der Waals surface area contributed by atoms with E-state index < -0.39 is 8.11 Å². The van der Waals surface area contributed by atoms with Gasteiger partial charge in [0, 0.05) is 0 Å². The van der Waals surface area contributed by atoms with E-state index in [1.807, 2.05) is 25.2 Å². The summed E-state index contributed by atoms with van der Waals surface area (Å²) in [6.07, 6.45) is 10.0. The zero-order valence-corrected chi connectivity index (χ0v) is 10.8. The number of halogens is 2. The fraction of sp³-hybridized carbons (Fsp3) is 0.429. The Morgan fingerprint density at radius 1 is 1.45 bits per heavy atom. The largest absolute Gasteiger partial charge is 2.00 e. The second kappa shape index (κ2) is 13.6. The summed E-state index contributed by atoms with van der Waals surface area (Å²) in [5.74, 6) is 0. The van der Waals surface area contributed by atoms with E-state index in [2.05, 4.69) is 12.2 Å². The average Bonchev–Trinajstić information content (AvgIpc) is 2.11. The molecule has 11 heavy (non-hydrogen) atoms. The quantitative estimate of drug-likeness (QED) is 0.313. The molecule has 0 heterocycles. The molecule has 1 aliphatic carbocycles. The Bertz CT molecular complexity index is 100. The zero-order chi connectivity index (χ0) is 7.11. The third kappa shape index (κ3) is 24.8. The fourth-order valence-corrected chi connectivity index (χ4v) is 0.340. The van der Waals surface area contributed by atoms with Gasteiger partial charge in [-0.15, -0.1) is 6.42 Å². The first kappa shape index (κ1) is 17.9. The monoisotopic (exact) mass is 241 g/mol. The predicted octanol–water partition coefficient (Wildman–Crippen LogP) is -0.217. The first-order valence-electron chi connectivity index (χ1n) is 2.91. The van der Waals surface area contributed by atoms with Gasteiger partial charge in [0.05, 0.1) is 0 Å². The Hall–Kier alpha value is 0.991. The van der Waals surface area contributed by atoms with E-state index in [1.54, 1.807) is 0 Å². The number of rotatable bonds is 0. The van der Waals surface area contributed by atoms with Crippen LogP contribution in [0, 0.1) is 6.08 Å². The van der Waals surface area contributed by atoms with Gasteiger partial charge in [-0.3, -0.25) is 6.08 Å². The number of hydrogen-bond acceptors (Lipinski definition) is 0. The normalized spacial score (nSPS) is 11.3. The van der Waals surface area contributed by atoms with E-state index in [1.165, 1.54) is 0 Å². The van der Waals surface area contributed by atoms with Crippen molar-refractivity contribution in [2.75, 3.05) is 0 Å². The smallest absolute Gasteiger partial charge is 1.00 e. The summed E-state index contributed by atoms with van der Waals surface area (Å²) < 4.78 is 0. The van der Waals surface area contributed by atoms with Gasteiger partial charge < -0.3 is 12.4 Å². The molecule has 0 nitrogen and oxygen atoms in total. The number of allylic oxidation sites excluding steroid dienone is 4. The Balaban J connectivity index is -0.000000101. The second-order valence-electron chi connectivity index (χ2n) is 1.88. The first-order valence-corrected chi connectivity index (χ1v) is 6.42. The molecule has 0 unspecified atom stereocenters. The third-order valence-corrected chi connectivity index (χ3v) is 0.586. The minimum Gasteiger partial charge on any atom is -1.00 e. The summed E-state index contributed by atoms with van der Waals surface area (Å²) >= 11 is 5.38. The van der Waals surface area contributed by atoms with Crippen molar-refractivity contribution >= 4 is 19.2 Å². The van der Waals surface area contributed by atoms with Gasteiger partial charge in [-0.2, -0.15) is 17.2 Å². The molecule has 1 aliphatic rings.